The van der Waals surface area contributed by atoms with Gasteiger partial charge in [-0.1, -0.05) is 0 Å². The zero-order valence-corrected chi connectivity index (χ0v) is 20.1. The first-order valence-electron chi connectivity index (χ1n) is 8.15. The second kappa shape index (κ2) is 10.5. The van der Waals surface area contributed by atoms with Gasteiger partial charge in [0.25, 0.3) is 0 Å². The van der Waals surface area contributed by atoms with Crippen LogP contribution < -0.4 is 34.3 Å². The summed E-state index contributed by atoms with van der Waals surface area (Å²) in [5, 5.41) is 0. The third-order valence-corrected chi connectivity index (χ3v) is 4.87. The molecule has 0 bridgehead atoms. The number of ether oxygens (including phenoxy) is 1. The van der Waals surface area contributed by atoms with Gasteiger partial charge in [-0.2, -0.15) is 70.2 Å². The molecule has 1 rings (SSSR count). The molecule has 0 aliphatic rings. The van der Waals surface area contributed by atoms with Crippen molar-refractivity contribution in [3.05, 3.63) is 35.9 Å². The van der Waals surface area contributed by atoms with E-state index in [0.29, 0.717) is 0 Å². The largest absolute Gasteiger partial charge is 1.00 e. The quantitative estimate of drug-likeness (QED) is 0.240. The molecular formula is C15H4F17NaO4S. The van der Waals surface area contributed by atoms with Crippen molar-refractivity contribution in [3.8, 4) is 5.75 Å². The summed E-state index contributed by atoms with van der Waals surface area (Å²) in [6.45, 7) is 0. The van der Waals surface area contributed by atoms with Crippen molar-refractivity contribution in [3.63, 3.8) is 0 Å². The van der Waals surface area contributed by atoms with Crippen LogP contribution in [-0.2, 0) is 10.1 Å². The molecule has 1 aromatic carbocycles. The molecule has 0 spiro atoms. The van der Waals surface area contributed by atoms with E-state index in [1.165, 1.54) is 0 Å². The van der Waals surface area contributed by atoms with Crippen LogP contribution in [0.3, 0.4) is 0 Å². The van der Waals surface area contributed by atoms with E-state index in [1.807, 2.05) is 0 Å². The smallest absolute Gasteiger partial charge is 0.744 e. The van der Waals surface area contributed by atoms with E-state index in [4.69, 9.17) is 0 Å². The van der Waals surface area contributed by atoms with Crippen molar-refractivity contribution in [2.75, 3.05) is 0 Å². The molecule has 38 heavy (non-hydrogen) atoms. The molecule has 0 saturated carbocycles. The molecule has 23 heteroatoms. The summed E-state index contributed by atoms with van der Waals surface area (Å²) in [6.07, 6.45) is -14.1. The molecule has 0 aromatic heterocycles. The summed E-state index contributed by atoms with van der Waals surface area (Å²) in [7, 11) is -5.25. The van der Waals surface area contributed by atoms with E-state index in [2.05, 4.69) is 4.74 Å². The summed E-state index contributed by atoms with van der Waals surface area (Å²) in [5.74, 6) is -52.9. The van der Waals surface area contributed by atoms with Crippen LogP contribution >= 0.6 is 0 Å². The normalized spacial score (nSPS) is 15.5. The predicted octanol–water partition coefficient (Wildman–Crippen LogP) is 3.46. The van der Waals surface area contributed by atoms with Gasteiger partial charge in [-0.05, 0) is 24.3 Å². The van der Waals surface area contributed by atoms with Gasteiger partial charge in [0, 0.05) is 0 Å². The summed E-state index contributed by atoms with van der Waals surface area (Å²) in [4.78, 5) is -1.18. The Balaban J connectivity index is 0.0000137. The van der Waals surface area contributed by atoms with Gasteiger partial charge in [-0.15, -0.1) is 0 Å². The van der Waals surface area contributed by atoms with Crippen molar-refractivity contribution < 1.29 is 122 Å². The molecule has 0 heterocycles. The Morgan fingerprint density at radius 1 is 0.632 bits per heavy atom. The van der Waals surface area contributed by atoms with Gasteiger partial charge in [0.15, 0.2) is 0 Å². The number of hydrogen-bond acceptors (Lipinski definition) is 4. The second-order valence-electron chi connectivity index (χ2n) is 6.54. The van der Waals surface area contributed by atoms with Crippen molar-refractivity contribution in [1.82, 2.24) is 0 Å². The summed E-state index contributed by atoms with van der Waals surface area (Å²) < 4.78 is 258. The van der Waals surface area contributed by atoms with Gasteiger partial charge in [-0.25, -0.2) is 12.8 Å². The van der Waals surface area contributed by atoms with Crippen LogP contribution in [0.25, 0.3) is 0 Å². The third kappa shape index (κ3) is 5.97. The summed E-state index contributed by atoms with van der Waals surface area (Å²) >= 11 is 0. The summed E-state index contributed by atoms with van der Waals surface area (Å²) in [6, 6.07) is 0.338. The molecule has 214 valence electrons. The number of benzene rings is 1. The average molecular weight is 626 g/mol. The van der Waals surface area contributed by atoms with Gasteiger partial charge in [0.2, 0.25) is 11.7 Å². The van der Waals surface area contributed by atoms with E-state index in [9.17, 15) is 87.6 Å². The molecule has 4 nitrogen and oxygen atoms in total. The minimum absolute atomic E-state index is 0. The van der Waals surface area contributed by atoms with E-state index in [1.54, 1.807) is 0 Å². The Morgan fingerprint density at radius 2 is 1.00 bits per heavy atom. The summed E-state index contributed by atoms with van der Waals surface area (Å²) in [5.41, 5.74) is 0. The number of rotatable bonds is 9. The molecule has 0 fully saturated rings. The fourth-order valence-corrected chi connectivity index (χ4v) is 2.51. The van der Waals surface area contributed by atoms with Crippen LogP contribution in [0.5, 0.6) is 5.75 Å². The second-order valence-corrected chi connectivity index (χ2v) is 7.92. The van der Waals surface area contributed by atoms with Crippen LogP contribution in [-0.4, -0.2) is 54.9 Å². The van der Waals surface area contributed by atoms with Crippen molar-refractivity contribution in [2.24, 2.45) is 0 Å². The fraction of sp³-hybridized carbons (Fsp3) is 0.467. The SMILES string of the molecule is O=S(=O)([O-])c1ccc(OC(F)(F)/C(F)=C(\F)C(F)(F)C(F)(F)C(F)(F)C(F)(F)C(F)(F)C(F)(F)F)cc1.[Na+]. The van der Waals surface area contributed by atoms with Gasteiger partial charge < -0.3 is 9.29 Å². The Bertz CT molecular complexity index is 1140. The monoisotopic (exact) mass is 626 g/mol. The predicted molar refractivity (Wildman–Crippen MR) is 80.0 cm³/mol. The fourth-order valence-electron chi connectivity index (χ4n) is 2.04. The van der Waals surface area contributed by atoms with Crippen molar-refractivity contribution in [2.45, 2.75) is 46.8 Å². The van der Waals surface area contributed by atoms with Crippen LogP contribution in [0.4, 0.5) is 74.6 Å². The topological polar surface area (TPSA) is 66.4 Å². The molecule has 0 saturated heterocycles. The molecule has 0 aliphatic heterocycles. The van der Waals surface area contributed by atoms with Gasteiger partial charge in [0.05, 0.1) is 4.90 Å². The zero-order valence-electron chi connectivity index (χ0n) is 17.3. The molecule has 0 unspecified atom stereocenters. The van der Waals surface area contributed by atoms with Crippen LogP contribution in [0.15, 0.2) is 40.8 Å². The Morgan fingerprint density at radius 3 is 1.34 bits per heavy atom. The maximum absolute atomic E-state index is 13.6. The first kappa shape index (κ1) is 36.5. The number of alkyl halides is 15. The Hall–Kier alpha value is -1.52. The number of hydrogen-bond donors (Lipinski definition) is 0. The molecule has 0 amide bonds. The average Bonchev–Trinajstić information content (AvgIpc) is 2.70. The van der Waals surface area contributed by atoms with Crippen LogP contribution in [0.2, 0.25) is 0 Å². The Kier molecular flexibility index (Phi) is 10.0. The molecule has 0 N–H and O–H groups in total. The molecule has 0 atom stereocenters. The zero-order chi connectivity index (χ0) is 29.8. The van der Waals surface area contributed by atoms with Crippen molar-refractivity contribution in [1.29, 1.82) is 0 Å². The van der Waals surface area contributed by atoms with E-state index in [0.717, 1.165) is 0 Å². The maximum Gasteiger partial charge on any atom is 1.00 e. The number of allylic oxidation sites excluding steroid dienone is 1. The van der Waals surface area contributed by atoms with E-state index >= 15 is 0 Å². The standard InChI is InChI=1S/C15H5F17O4S.Na/c16-7(8(17)10(20,21)36-5-1-3-6(4-2-5)37(33,34)35)9(18,19)11(22,23)12(24,25)13(26,27)14(28,29)15(30,31)32;/h1-4H,(H,33,34,35);/q;+1/p-1/b8-7+;. The minimum atomic E-state index is -8.59. The van der Waals surface area contributed by atoms with Gasteiger partial charge >= 0.3 is 71.5 Å². The first-order chi connectivity index (χ1) is 16.0. The first-order valence-corrected chi connectivity index (χ1v) is 9.55. The van der Waals surface area contributed by atoms with Crippen molar-refractivity contribution >= 4 is 10.1 Å². The van der Waals surface area contributed by atoms with E-state index in [-0.39, 0.29) is 53.8 Å². The Labute approximate surface area is 220 Å². The molecule has 0 aliphatic carbocycles. The van der Waals surface area contributed by atoms with Crippen LogP contribution in [0, 0.1) is 0 Å². The number of halogens is 17. The molecular weight excluding hydrogens is 622 g/mol. The van der Waals surface area contributed by atoms with E-state index < -0.39 is 74.3 Å². The maximum atomic E-state index is 13.6. The third-order valence-electron chi connectivity index (χ3n) is 4.02. The van der Waals surface area contributed by atoms with Gasteiger partial charge in [0.1, 0.15) is 15.9 Å². The minimum Gasteiger partial charge on any atom is -0.744 e. The van der Waals surface area contributed by atoms with Gasteiger partial charge in [-0.3, -0.25) is 0 Å². The van der Waals surface area contributed by atoms with Crippen LogP contribution in [0.1, 0.15) is 0 Å². The molecule has 0 radical (unpaired) electrons. The molecule has 1 aromatic rings.